The third-order valence-electron chi connectivity index (χ3n) is 1.76. The van der Waals surface area contributed by atoms with Crippen LogP contribution in [0.5, 0.6) is 0 Å². The van der Waals surface area contributed by atoms with Crippen LogP contribution in [-0.4, -0.2) is 30.0 Å². The number of carbonyl (C=O) groups excluding carboxylic acids is 2. The second-order valence-electron chi connectivity index (χ2n) is 2.99. The molecule has 1 rings (SSSR count). The second kappa shape index (κ2) is 5.54. The number of primary amides is 1. The van der Waals surface area contributed by atoms with Crippen molar-refractivity contribution in [3.8, 4) is 0 Å². The molecule has 0 bridgehead atoms. The molecule has 0 spiro atoms. The zero-order valence-electron chi connectivity index (χ0n) is 8.45. The van der Waals surface area contributed by atoms with Crippen LogP contribution in [0.15, 0.2) is 23.1 Å². The normalized spacial score (nSPS) is 9.50. The molecule has 7 heteroatoms. The van der Waals surface area contributed by atoms with E-state index >= 15 is 0 Å². The van der Waals surface area contributed by atoms with E-state index < -0.39 is 6.03 Å². The first-order valence-electron chi connectivity index (χ1n) is 4.60. The quantitative estimate of drug-likeness (QED) is 0.480. The monoisotopic (exact) mass is 224 g/mol. The van der Waals surface area contributed by atoms with Crippen LogP contribution >= 0.6 is 0 Å². The Bertz CT molecular complexity index is 420. The molecule has 0 fully saturated rings. The third-order valence-corrected chi connectivity index (χ3v) is 1.76. The molecule has 7 nitrogen and oxygen atoms in total. The lowest BCUT2D eigenvalue weighted by molar-refractivity contribution is 0.0953. The Hall–Kier alpha value is -2.31. The number of nitrogens with one attached hydrogen (secondary N) is 3. The zero-order valence-corrected chi connectivity index (χ0v) is 8.45. The summed E-state index contributed by atoms with van der Waals surface area (Å²) in [5.41, 5.74) is 4.91. The number of carbonyl (C=O) groups is 2. The summed E-state index contributed by atoms with van der Waals surface area (Å²) in [7, 11) is 0. The van der Waals surface area contributed by atoms with Crippen LogP contribution < -0.4 is 21.9 Å². The van der Waals surface area contributed by atoms with E-state index in [0.717, 1.165) is 0 Å². The number of aromatic amines is 1. The number of aromatic nitrogens is 1. The van der Waals surface area contributed by atoms with Gasteiger partial charge in [-0.15, -0.1) is 0 Å². The highest BCUT2D eigenvalue weighted by Crippen LogP contribution is 1.91. The fourth-order valence-electron chi connectivity index (χ4n) is 1.02. The number of rotatable bonds is 4. The number of hydrogen-bond acceptors (Lipinski definition) is 3. The molecule has 0 aliphatic carbocycles. The first-order valence-corrected chi connectivity index (χ1v) is 4.60. The van der Waals surface area contributed by atoms with E-state index in [2.05, 4.69) is 15.6 Å². The predicted molar refractivity (Wildman–Crippen MR) is 57.0 cm³/mol. The van der Waals surface area contributed by atoms with Crippen molar-refractivity contribution in [2.45, 2.75) is 0 Å². The Morgan fingerprint density at radius 1 is 1.25 bits per heavy atom. The standard InChI is InChI=1S/C9H12N4O3/c10-9(16)12-4-3-11-8(15)6-1-2-7(14)13-5-6/h1-2,5H,3-4H2,(H,11,15)(H,13,14)(H3,10,12,16). The highest BCUT2D eigenvalue weighted by Gasteiger charge is 2.03. The van der Waals surface area contributed by atoms with Gasteiger partial charge in [0.2, 0.25) is 5.56 Å². The number of amides is 3. The highest BCUT2D eigenvalue weighted by atomic mass is 16.2. The van der Waals surface area contributed by atoms with Crippen LogP contribution in [0.25, 0.3) is 0 Å². The van der Waals surface area contributed by atoms with Gasteiger partial charge in [0, 0.05) is 25.4 Å². The molecule has 0 radical (unpaired) electrons. The molecular formula is C9H12N4O3. The molecule has 3 amide bonds. The molecule has 0 unspecified atom stereocenters. The van der Waals surface area contributed by atoms with Crippen LogP contribution in [0.4, 0.5) is 4.79 Å². The van der Waals surface area contributed by atoms with E-state index in [1.54, 1.807) is 0 Å². The van der Waals surface area contributed by atoms with Crippen LogP contribution in [0.3, 0.4) is 0 Å². The zero-order chi connectivity index (χ0) is 12.0. The smallest absolute Gasteiger partial charge is 0.312 e. The lowest BCUT2D eigenvalue weighted by Gasteiger charge is -2.04. The summed E-state index contributed by atoms with van der Waals surface area (Å²) in [5, 5.41) is 4.87. The summed E-state index contributed by atoms with van der Waals surface area (Å²) in [6, 6.07) is 2.03. The predicted octanol–water partition coefficient (Wildman–Crippen LogP) is -1.23. The molecule has 1 heterocycles. The SMILES string of the molecule is NC(=O)NCCNC(=O)c1ccc(=O)[nH]c1. The Balaban J connectivity index is 2.38. The van der Waals surface area contributed by atoms with Gasteiger partial charge >= 0.3 is 6.03 Å². The summed E-state index contributed by atoms with van der Waals surface area (Å²) in [6.45, 7) is 0.519. The van der Waals surface area contributed by atoms with Crippen molar-refractivity contribution in [3.63, 3.8) is 0 Å². The molecule has 5 N–H and O–H groups in total. The molecule has 1 aromatic heterocycles. The first kappa shape index (κ1) is 11.8. The van der Waals surface area contributed by atoms with E-state index in [9.17, 15) is 14.4 Å². The highest BCUT2D eigenvalue weighted by molar-refractivity contribution is 5.93. The molecule has 1 aromatic rings. The molecule has 0 aliphatic rings. The average Bonchev–Trinajstić information content (AvgIpc) is 2.25. The van der Waals surface area contributed by atoms with Gasteiger partial charge in [-0.25, -0.2) is 4.79 Å². The lowest BCUT2D eigenvalue weighted by atomic mass is 10.3. The van der Waals surface area contributed by atoms with Crippen LogP contribution in [-0.2, 0) is 0 Å². The molecule has 86 valence electrons. The van der Waals surface area contributed by atoms with Gasteiger partial charge in [0.25, 0.3) is 5.91 Å². The van der Waals surface area contributed by atoms with Crippen molar-refractivity contribution >= 4 is 11.9 Å². The Morgan fingerprint density at radius 3 is 2.50 bits per heavy atom. The summed E-state index contributed by atoms with van der Waals surface area (Å²) in [6.07, 6.45) is 1.32. The molecule has 0 aromatic carbocycles. The van der Waals surface area contributed by atoms with Gasteiger partial charge in [0.1, 0.15) is 0 Å². The number of pyridine rings is 1. The Kier molecular flexibility index (Phi) is 4.07. The Morgan fingerprint density at radius 2 is 1.94 bits per heavy atom. The van der Waals surface area contributed by atoms with Gasteiger partial charge < -0.3 is 21.4 Å². The van der Waals surface area contributed by atoms with Gasteiger partial charge in [0.05, 0.1) is 5.56 Å². The first-order chi connectivity index (χ1) is 7.59. The van der Waals surface area contributed by atoms with E-state index in [0.29, 0.717) is 5.56 Å². The third kappa shape index (κ3) is 3.82. The number of nitrogens with two attached hydrogens (primary N) is 1. The summed E-state index contributed by atoms with van der Waals surface area (Å²) < 4.78 is 0. The van der Waals surface area contributed by atoms with Crippen molar-refractivity contribution in [1.82, 2.24) is 15.6 Å². The van der Waals surface area contributed by atoms with E-state index in [4.69, 9.17) is 5.73 Å². The van der Waals surface area contributed by atoms with Crippen molar-refractivity contribution in [3.05, 3.63) is 34.2 Å². The molecule has 0 saturated heterocycles. The number of H-pyrrole nitrogens is 1. The van der Waals surface area contributed by atoms with E-state index in [1.165, 1.54) is 18.3 Å². The van der Waals surface area contributed by atoms with Crippen molar-refractivity contribution in [2.75, 3.05) is 13.1 Å². The van der Waals surface area contributed by atoms with Crippen molar-refractivity contribution in [2.24, 2.45) is 5.73 Å². The van der Waals surface area contributed by atoms with Crippen LogP contribution in [0.2, 0.25) is 0 Å². The van der Waals surface area contributed by atoms with Crippen LogP contribution in [0.1, 0.15) is 10.4 Å². The summed E-state index contributed by atoms with van der Waals surface area (Å²) >= 11 is 0. The fourth-order valence-corrected chi connectivity index (χ4v) is 1.02. The topological polar surface area (TPSA) is 117 Å². The minimum Gasteiger partial charge on any atom is -0.352 e. The number of urea groups is 1. The Labute approximate surface area is 91.0 Å². The minimum atomic E-state index is -0.640. The van der Waals surface area contributed by atoms with Gasteiger partial charge in [-0.05, 0) is 6.07 Å². The van der Waals surface area contributed by atoms with Crippen LogP contribution in [0, 0.1) is 0 Å². The molecule has 0 saturated carbocycles. The number of hydrogen-bond donors (Lipinski definition) is 4. The van der Waals surface area contributed by atoms with Crippen molar-refractivity contribution in [1.29, 1.82) is 0 Å². The van der Waals surface area contributed by atoms with Gasteiger partial charge in [-0.3, -0.25) is 9.59 Å². The van der Waals surface area contributed by atoms with Gasteiger partial charge in [-0.2, -0.15) is 0 Å². The largest absolute Gasteiger partial charge is 0.352 e. The van der Waals surface area contributed by atoms with Gasteiger partial charge in [0.15, 0.2) is 0 Å². The molecule has 16 heavy (non-hydrogen) atoms. The maximum atomic E-state index is 11.4. The van der Waals surface area contributed by atoms with E-state index in [-0.39, 0.29) is 24.6 Å². The average molecular weight is 224 g/mol. The van der Waals surface area contributed by atoms with E-state index in [1.807, 2.05) is 0 Å². The second-order valence-corrected chi connectivity index (χ2v) is 2.99. The lowest BCUT2D eigenvalue weighted by Crippen LogP contribution is -2.37. The summed E-state index contributed by atoms with van der Waals surface area (Å²) in [4.78, 5) is 34.8. The maximum Gasteiger partial charge on any atom is 0.312 e. The minimum absolute atomic E-state index is 0.254. The summed E-state index contributed by atoms with van der Waals surface area (Å²) in [5.74, 6) is -0.331. The molecule has 0 aliphatic heterocycles. The molecule has 0 atom stereocenters. The van der Waals surface area contributed by atoms with Gasteiger partial charge in [-0.1, -0.05) is 0 Å². The molecular weight excluding hydrogens is 212 g/mol. The fraction of sp³-hybridized carbons (Fsp3) is 0.222. The van der Waals surface area contributed by atoms with Crippen molar-refractivity contribution < 1.29 is 9.59 Å². The maximum absolute atomic E-state index is 11.4.